The van der Waals surface area contributed by atoms with Crippen molar-refractivity contribution in [2.45, 2.75) is 32.6 Å². The van der Waals surface area contributed by atoms with Crippen LogP contribution in [0.25, 0.3) is 0 Å². The number of hydrogen-bond donors (Lipinski definition) is 2. The predicted molar refractivity (Wildman–Crippen MR) is 96.9 cm³/mol. The average Bonchev–Trinajstić information content (AvgIpc) is 2.91. The average molecular weight is 340 g/mol. The molecule has 124 valence electrons. The topological polar surface area (TPSA) is 66.0 Å². The van der Waals surface area contributed by atoms with E-state index in [1.165, 1.54) is 5.56 Å². The molecular weight excluding hydrogens is 320 g/mol. The third-order valence-corrected chi connectivity index (χ3v) is 4.86. The van der Waals surface area contributed by atoms with Crippen LogP contribution in [-0.4, -0.2) is 15.1 Å². The van der Waals surface area contributed by atoms with Crippen LogP contribution in [0.5, 0.6) is 5.88 Å². The fraction of sp³-hybridized carbons (Fsp3) is 0.263. The molecule has 0 bridgehead atoms. The monoisotopic (exact) mass is 340 g/mol. The van der Waals surface area contributed by atoms with Crippen LogP contribution in [0.1, 0.15) is 34.3 Å². The van der Waals surface area contributed by atoms with Crippen LogP contribution in [0.2, 0.25) is 0 Å². The number of nitrogens with one attached hydrogen (secondary N) is 1. The molecule has 0 saturated carbocycles. The minimum atomic E-state index is -0.221. The van der Waals surface area contributed by atoms with E-state index in [2.05, 4.69) is 59.4 Å². The van der Waals surface area contributed by atoms with Gasteiger partial charge in [-0.15, -0.1) is 0 Å². The maximum atomic E-state index is 11.2. The van der Waals surface area contributed by atoms with Gasteiger partial charge in [0.05, 0.1) is 4.88 Å². The highest BCUT2D eigenvalue weighted by atomic mass is 32.1. The normalized spacial score (nSPS) is 10.9. The molecule has 0 aliphatic heterocycles. The van der Waals surface area contributed by atoms with Gasteiger partial charge >= 0.3 is 4.87 Å². The summed E-state index contributed by atoms with van der Waals surface area (Å²) in [7, 11) is 0. The van der Waals surface area contributed by atoms with E-state index in [4.69, 9.17) is 0 Å². The second-order valence-electron chi connectivity index (χ2n) is 5.75. The largest absolute Gasteiger partial charge is 0.494 e. The first-order valence-electron chi connectivity index (χ1n) is 8.07. The quantitative estimate of drug-likeness (QED) is 0.722. The van der Waals surface area contributed by atoms with Crippen molar-refractivity contribution in [1.82, 2.24) is 9.97 Å². The molecule has 4 nitrogen and oxygen atoms in total. The van der Waals surface area contributed by atoms with E-state index in [0.717, 1.165) is 47.6 Å². The summed E-state index contributed by atoms with van der Waals surface area (Å²) in [6.07, 6.45) is 3.40. The van der Waals surface area contributed by atoms with Crippen LogP contribution in [0.4, 0.5) is 0 Å². The van der Waals surface area contributed by atoms with Crippen LogP contribution in [-0.2, 0) is 25.7 Å². The van der Waals surface area contributed by atoms with Crippen molar-refractivity contribution in [1.29, 1.82) is 0 Å². The number of aromatic hydroxyl groups is 1. The molecule has 5 heteroatoms. The number of aryl methyl sites for hydroxylation is 3. The molecule has 0 atom stereocenters. The molecule has 2 aromatic heterocycles. The van der Waals surface area contributed by atoms with Crippen molar-refractivity contribution in [3.63, 3.8) is 0 Å². The molecule has 0 amide bonds. The molecule has 24 heavy (non-hydrogen) atoms. The van der Waals surface area contributed by atoms with Crippen molar-refractivity contribution < 1.29 is 5.11 Å². The van der Waals surface area contributed by atoms with Crippen molar-refractivity contribution in [2.24, 2.45) is 0 Å². The van der Waals surface area contributed by atoms with Gasteiger partial charge in [0.1, 0.15) is 0 Å². The lowest BCUT2D eigenvalue weighted by Crippen LogP contribution is -1.97. The summed E-state index contributed by atoms with van der Waals surface area (Å²) in [5.41, 5.74) is 4.60. The Morgan fingerprint density at radius 1 is 1.04 bits per heavy atom. The molecule has 0 aliphatic rings. The third-order valence-electron chi connectivity index (χ3n) is 3.98. The van der Waals surface area contributed by atoms with E-state index < -0.39 is 0 Å². The van der Waals surface area contributed by atoms with E-state index in [0.29, 0.717) is 11.3 Å². The summed E-state index contributed by atoms with van der Waals surface area (Å²) in [5.74, 6) is -0.0176. The van der Waals surface area contributed by atoms with E-state index in [1.807, 2.05) is 0 Å². The zero-order valence-corrected chi connectivity index (χ0v) is 14.4. The summed E-state index contributed by atoms with van der Waals surface area (Å²) in [4.78, 5) is 18.7. The Hall–Kier alpha value is -2.40. The number of nitrogens with zero attached hydrogens (tertiary/aromatic N) is 1. The highest BCUT2D eigenvalue weighted by molar-refractivity contribution is 7.09. The van der Waals surface area contributed by atoms with Crippen molar-refractivity contribution in [3.05, 3.63) is 79.5 Å². The lowest BCUT2D eigenvalue weighted by Gasteiger charge is -2.05. The number of rotatable bonds is 6. The smallest absolute Gasteiger partial charge is 0.307 e. The van der Waals surface area contributed by atoms with E-state index in [-0.39, 0.29) is 10.8 Å². The molecular formula is C19H20N2O2S. The van der Waals surface area contributed by atoms with Crippen molar-refractivity contribution >= 4 is 11.3 Å². The number of H-pyrrole nitrogens is 1. The van der Waals surface area contributed by atoms with Gasteiger partial charge in [0.25, 0.3) is 0 Å². The minimum absolute atomic E-state index is 0.0176. The van der Waals surface area contributed by atoms with Gasteiger partial charge in [0, 0.05) is 17.8 Å². The second kappa shape index (κ2) is 7.45. The number of hydrogen-bond acceptors (Lipinski definition) is 4. The number of pyridine rings is 1. The minimum Gasteiger partial charge on any atom is -0.494 e. The van der Waals surface area contributed by atoms with Gasteiger partial charge in [0.15, 0.2) is 0 Å². The van der Waals surface area contributed by atoms with Gasteiger partial charge in [-0.05, 0) is 42.5 Å². The molecule has 0 aliphatic carbocycles. The molecule has 2 heterocycles. The summed E-state index contributed by atoms with van der Waals surface area (Å²) >= 11 is 1.05. The highest BCUT2D eigenvalue weighted by Crippen LogP contribution is 2.20. The zero-order chi connectivity index (χ0) is 16.9. The van der Waals surface area contributed by atoms with Gasteiger partial charge in [-0.1, -0.05) is 48.6 Å². The van der Waals surface area contributed by atoms with E-state index in [9.17, 15) is 9.90 Å². The van der Waals surface area contributed by atoms with E-state index >= 15 is 0 Å². The maximum absolute atomic E-state index is 11.2. The highest BCUT2D eigenvalue weighted by Gasteiger charge is 2.07. The van der Waals surface area contributed by atoms with Crippen LogP contribution in [0, 0.1) is 0 Å². The van der Waals surface area contributed by atoms with Crippen LogP contribution in [0.15, 0.2) is 47.3 Å². The molecule has 0 fully saturated rings. The first-order valence-corrected chi connectivity index (χ1v) is 8.89. The van der Waals surface area contributed by atoms with Crippen LogP contribution >= 0.6 is 11.3 Å². The summed E-state index contributed by atoms with van der Waals surface area (Å²) in [6.45, 7) is 2.11. The fourth-order valence-electron chi connectivity index (χ4n) is 2.62. The van der Waals surface area contributed by atoms with Gasteiger partial charge in [-0.2, -0.15) is 0 Å². The molecule has 3 aromatic rings. The van der Waals surface area contributed by atoms with Crippen LogP contribution < -0.4 is 4.87 Å². The van der Waals surface area contributed by atoms with Gasteiger partial charge in [0.2, 0.25) is 5.88 Å². The Kier molecular flexibility index (Phi) is 5.11. The molecule has 2 N–H and O–H groups in total. The van der Waals surface area contributed by atoms with Gasteiger partial charge in [-0.25, -0.2) is 0 Å². The molecule has 0 saturated heterocycles. The molecule has 0 spiro atoms. The standard InChI is InChI=1S/C19H20N2O2S/c1-2-15-4-3-5-16(20-15)11-10-13-6-8-14(9-7-13)12-17-18(22)21-19(23)24-17/h3-9,22H,2,10-12H2,1H3,(H,21,23). The molecule has 0 radical (unpaired) electrons. The Morgan fingerprint density at radius 3 is 2.42 bits per heavy atom. The first kappa shape index (κ1) is 16.5. The Bertz CT molecular complexity index is 866. The maximum Gasteiger partial charge on any atom is 0.307 e. The second-order valence-corrected chi connectivity index (χ2v) is 6.82. The Balaban J connectivity index is 1.62. The fourth-order valence-corrected chi connectivity index (χ4v) is 3.38. The molecule has 3 rings (SSSR count). The number of benzene rings is 1. The first-order chi connectivity index (χ1) is 11.6. The van der Waals surface area contributed by atoms with Crippen molar-refractivity contribution in [2.75, 3.05) is 0 Å². The lowest BCUT2D eigenvalue weighted by atomic mass is 10.0. The van der Waals surface area contributed by atoms with Crippen LogP contribution in [0.3, 0.4) is 0 Å². The summed E-state index contributed by atoms with van der Waals surface area (Å²) in [5, 5.41) is 9.65. The van der Waals surface area contributed by atoms with Gasteiger partial charge < -0.3 is 5.11 Å². The number of thiazole rings is 1. The lowest BCUT2D eigenvalue weighted by molar-refractivity contribution is 0.451. The SMILES string of the molecule is CCc1cccc(CCc2ccc(Cc3sc(=O)[nH]c3O)cc2)n1. The molecule has 0 unspecified atom stereocenters. The number of aromatic nitrogens is 2. The Labute approximate surface area is 144 Å². The van der Waals surface area contributed by atoms with Crippen molar-refractivity contribution in [3.8, 4) is 5.88 Å². The summed E-state index contributed by atoms with van der Waals surface area (Å²) < 4.78 is 0. The van der Waals surface area contributed by atoms with Gasteiger partial charge in [-0.3, -0.25) is 14.8 Å². The Morgan fingerprint density at radius 2 is 1.75 bits per heavy atom. The van der Waals surface area contributed by atoms with E-state index in [1.54, 1.807) is 0 Å². The third kappa shape index (κ3) is 4.11. The summed E-state index contributed by atoms with van der Waals surface area (Å²) in [6, 6.07) is 14.5. The zero-order valence-electron chi connectivity index (χ0n) is 13.6. The molecule has 1 aromatic carbocycles. The predicted octanol–water partition coefficient (Wildman–Crippen LogP) is 3.48. The number of aromatic amines is 1.